The molecule has 1 aromatic rings. The SMILES string of the molecule is Cc1cn2c(c(O)c1=O)C(=O)N1[C@@H](COC[C@H]1C)C2. The molecular formula is C13H16N2O4. The Bertz CT molecular complexity index is 607. The average molecular weight is 264 g/mol. The molecule has 2 atom stereocenters. The number of aromatic hydroxyl groups is 1. The molecule has 0 saturated carbocycles. The summed E-state index contributed by atoms with van der Waals surface area (Å²) < 4.78 is 7.13. The van der Waals surface area contributed by atoms with Gasteiger partial charge in [-0.05, 0) is 13.8 Å². The lowest BCUT2D eigenvalue weighted by Gasteiger charge is -2.44. The standard InChI is InChI=1S/C13H16N2O4/c1-7-3-14-4-9-6-19-5-8(2)15(9)13(18)10(14)12(17)11(7)16/h3,8-9,17H,4-6H2,1-2H3/t8-,9-/m1/s1. The van der Waals surface area contributed by atoms with Crippen molar-refractivity contribution < 1.29 is 14.6 Å². The molecule has 3 rings (SSSR count). The van der Waals surface area contributed by atoms with Gasteiger partial charge in [-0.1, -0.05) is 0 Å². The van der Waals surface area contributed by atoms with Crippen molar-refractivity contribution in [2.75, 3.05) is 13.2 Å². The van der Waals surface area contributed by atoms with Gasteiger partial charge in [-0.15, -0.1) is 0 Å². The van der Waals surface area contributed by atoms with Gasteiger partial charge in [0.1, 0.15) is 0 Å². The van der Waals surface area contributed by atoms with Crippen molar-refractivity contribution in [2.24, 2.45) is 0 Å². The Balaban J connectivity index is 2.16. The van der Waals surface area contributed by atoms with E-state index in [1.807, 2.05) is 6.92 Å². The third-order valence-corrected chi connectivity index (χ3v) is 3.82. The van der Waals surface area contributed by atoms with Gasteiger partial charge in [-0.3, -0.25) is 9.59 Å². The van der Waals surface area contributed by atoms with Gasteiger partial charge in [0.2, 0.25) is 5.43 Å². The predicted molar refractivity (Wildman–Crippen MR) is 67.3 cm³/mol. The maximum absolute atomic E-state index is 12.5. The molecule has 0 aromatic carbocycles. The summed E-state index contributed by atoms with van der Waals surface area (Å²) in [6.45, 7) is 5.05. The lowest BCUT2D eigenvalue weighted by Crippen LogP contribution is -2.58. The molecule has 0 radical (unpaired) electrons. The highest BCUT2D eigenvalue weighted by Crippen LogP contribution is 2.27. The van der Waals surface area contributed by atoms with E-state index in [-0.39, 0.29) is 23.7 Å². The van der Waals surface area contributed by atoms with E-state index >= 15 is 0 Å². The normalized spacial score (nSPS) is 26.0. The first-order chi connectivity index (χ1) is 9.00. The summed E-state index contributed by atoms with van der Waals surface area (Å²) in [5.74, 6) is -0.733. The maximum atomic E-state index is 12.5. The third-order valence-electron chi connectivity index (χ3n) is 3.82. The number of pyridine rings is 1. The quantitative estimate of drug-likeness (QED) is 0.721. The number of morpholine rings is 1. The zero-order chi connectivity index (χ0) is 13.7. The predicted octanol–water partition coefficient (Wildman–Crippen LogP) is 0.105. The zero-order valence-corrected chi connectivity index (χ0v) is 10.9. The van der Waals surface area contributed by atoms with Crippen molar-refractivity contribution in [2.45, 2.75) is 32.5 Å². The molecule has 1 N–H and O–H groups in total. The van der Waals surface area contributed by atoms with Gasteiger partial charge in [-0.25, -0.2) is 0 Å². The van der Waals surface area contributed by atoms with Crippen LogP contribution in [0.15, 0.2) is 11.0 Å². The van der Waals surface area contributed by atoms with Crippen molar-refractivity contribution in [3.05, 3.63) is 27.7 Å². The minimum Gasteiger partial charge on any atom is -0.503 e. The highest BCUT2D eigenvalue weighted by Gasteiger charge is 2.40. The van der Waals surface area contributed by atoms with Crippen LogP contribution in [-0.4, -0.2) is 45.8 Å². The van der Waals surface area contributed by atoms with E-state index in [0.29, 0.717) is 25.3 Å². The van der Waals surface area contributed by atoms with Crippen molar-refractivity contribution in [1.29, 1.82) is 0 Å². The van der Waals surface area contributed by atoms with Crippen LogP contribution in [-0.2, 0) is 11.3 Å². The van der Waals surface area contributed by atoms with E-state index < -0.39 is 11.2 Å². The molecule has 1 saturated heterocycles. The number of nitrogens with zero attached hydrogens (tertiary/aromatic N) is 2. The fourth-order valence-corrected chi connectivity index (χ4v) is 2.91. The molecule has 2 aliphatic rings. The molecule has 3 heterocycles. The van der Waals surface area contributed by atoms with Crippen LogP contribution in [0.1, 0.15) is 23.0 Å². The minimum absolute atomic E-state index is 0.0370. The topological polar surface area (TPSA) is 71.8 Å². The summed E-state index contributed by atoms with van der Waals surface area (Å²) in [6.07, 6.45) is 1.63. The average Bonchev–Trinajstić information content (AvgIpc) is 2.35. The van der Waals surface area contributed by atoms with E-state index in [1.165, 1.54) is 0 Å². The van der Waals surface area contributed by atoms with Gasteiger partial charge in [0.05, 0.1) is 25.3 Å². The van der Waals surface area contributed by atoms with Crippen molar-refractivity contribution in [1.82, 2.24) is 9.47 Å². The summed E-state index contributed by atoms with van der Waals surface area (Å²) >= 11 is 0. The van der Waals surface area contributed by atoms with Gasteiger partial charge >= 0.3 is 0 Å². The summed E-state index contributed by atoms with van der Waals surface area (Å²) in [6, 6.07) is -0.0825. The summed E-state index contributed by atoms with van der Waals surface area (Å²) in [5.41, 5.74) is 0.0619. The van der Waals surface area contributed by atoms with Gasteiger partial charge in [0, 0.05) is 18.3 Å². The zero-order valence-electron chi connectivity index (χ0n) is 10.9. The maximum Gasteiger partial charge on any atom is 0.275 e. The van der Waals surface area contributed by atoms with Gasteiger partial charge in [0.25, 0.3) is 5.91 Å². The van der Waals surface area contributed by atoms with E-state index in [9.17, 15) is 14.7 Å². The number of aryl methyl sites for hydroxylation is 1. The molecule has 0 aliphatic carbocycles. The van der Waals surface area contributed by atoms with Gasteiger partial charge in [0.15, 0.2) is 11.4 Å². The highest BCUT2D eigenvalue weighted by molar-refractivity contribution is 5.96. The number of amides is 1. The molecule has 6 heteroatoms. The molecule has 102 valence electrons. The van der Waals surface area contributed by atoms with E-state index in [1.54, 1.807) is 22.6 Å². The number of aromatic nitrogens is 1. The largest absolute Gasteiger partial charge is 0.503 e. The lowest BCUT2D eigenvalue weighted by atomic mass is 10.0. The minimum atomic E-state index is -0.473. The van der Waals surface area contributed by atoms with Crippen LogP contribution in [0.2, 0.25) is 0 Å². The van der Waals surface area contributed by atoms with Crippen LogP contribution in [0, 0.1) is 6.92 Å². The van der Waals surface area contributed by atoms with Crippen LogP contribution in [0.3, 0.4) is 0 Å². The summed E-state index contributed by atoms with van der Waals surface area (Å²) in [4.78, 5) is 26.0. The molecule has 0 spiro atoms. The fraction of sp³-hybridized carbons (Fsp3) is 0.538. The number of hydrogen-bond donors (Lipinski definition) is 1. The molecular weight excluding hydrogens is 248 g/mol. The monoisotopic (exact) mass is 264 g/mol. The molecule has 1 fully saturated rings. The van der Waals surface area contributed by atoms with E-state index in [2.05, 4.69) is 0 Å². The first kappa shape index (κ1) is 12.2. The first-order valence-corrected chi connectivity index (χ1v) is 6.34. The van der Waals surface area contributed by atoms with Gasteiger partial charge < -0.3 is 19.3 Å². The Morgan fingerprint density at radius 1 is 1.37 bits per heavy atom. The Hall–Kier alpha value is -1.82. The van der Waals surface area contributed by atoms with Crippen LogP contribution < -0.4 is 5.43 Å². The summed E-state index contributed by atoms with van der Waals surface area (Å²) in [7, 11) is 0. The smallest absolute Gasteiger partial charge is 0.275 e. The Kier molecular flexibility index (Phi) is 2.63. The number of hydrogen-bond acceptors (Lipinski definition) is 4. The number of carbonyl (C=O) groups is 1. The van der Waals surface area contributed by atoms with Crippen LogP contribution >= 0.6 is 0 Å². The molecule has 0 unspecified atom stereocenters. The molecule has 2 aliphatic heterocycles. The number of ether oxygens (including phenoxy) is 1. The number of carbonyl (C=O) groups excluding carboxylic acids is 1. The Morgan fingerprint density at radius 3 is 2.84 bits per heavy atom. The second kappa shape index (κ2) is 4.09. The van der Waals surface area contributed by atoms with Crippen molar-refractivity contribution >= 4 is 5.91 Å². The molecule has 19 heavy (non-hydrogen) atoms. The highest BCUT2D eigenvalue weighted by atomic mass is 16.5. The second-order valence-electron chi connectivity index (χ2n) is 5.24. The van der Waals surface area contributed by atoms with E-state index in [4.69, 9.17) is 4.74 Å². The third kappa shape index (κ3) is 1.67. The fourth-order valence-electron chi connectivity index (χ4n) is 2.91. The Morgan fingerprint density at radius 2 is 2.11 bits per heavy atom. The second-order valence-corrected chi connectivity index (χ2v) is 5.24. The lowest BCUT2D eigenvalue weighted by molar-refractivity contribution is -0.0416. The van der Waals surface area contributed by atoms with Crippen molar-refractivity contribution in [3.63, 3.8) is 0 Å². The molecule has 6 nitrogen and oxygen atoms in total. The van der Waals surface area contributed by atoms with Crippen molar-refractivity contribution in [3.8, 4) is 5.75 Å². The number of rotatable bonds is 0. The molecule has 0 bridgehead atoms. The Labute approximate surface area is 110 Å². The van der Waals surface area contributed by atoms with E-state index in [0.717, 1.165) is 0 Å². The molecule has 1 aromatic heterocycles. The van der Waals surface area contributed by atoms with Gasteiger partial charge in [-0.2, -0.15) is 0 Å². The molecule has 1 amide bonds. The van der Waals surface area contributed by atoms with Crippen LogP contribution in [0.25, 0.3) is 0 Å². The summed E-state index contributed by atoms with van der Waals surface area (Å²) in [5, 5.41) is 9.96. The van der Waals surface area contributed by atoms with Crippen LogP contribution in [0.5, 0.6) is 5.75 Å². The number of fused-ring (bicyclic) bond motifs is 2. The van der Waals surface area contributed by atoms with Crippen LogP contribution in [0.4, 0.5) is 0 Å². The first-order valence-electron chi connectivity index (χ1n) is 6.34.